The highest BCUT2D eigenvalue weighted by Crippen LogP contribution is 2.40. The number of Topliss-reactive ketones (excluding diaryl/α,β-unsaturated/α-hetero) is 1. The molecule has 1 atom stereocenters. The van der Waals surface area contributed by atoms with E-state index in [4.69, 9.17) is 9.79 Å². The highest BCUT2D eigenvalue weighted by atomic mass is 31.2. The van der Waals surface area contributed by atoms with Crippen LogP contribution in [0.15, 0.2) is 42.5 Å². The first-order valence-corrected chi connectivity index (χ1v) is 8.29. The number of phenolic OH excluding ortho intramolecular Hbond substituents is 2. The summed E-state index contributed by atoms with van der Waals surface area (Å²) >= 11 is 0. The zero-order valence-corrected chi connectivity index (χ0v) is 13.1. The molecule has 5 N–H and O–H groups in total. The number of hydrogen-bond donors (Lipinski definition) is 5. The molecule has 2 aromatic rings. The average molecular weight is 337 g/mol. The predicted molar refractivity (Wildman–Crippen MR) is 84.6 cm³/mol. The molecule has 0 aliphatic carbocycles. The van der Waals surface area contributed by atoms with Gasteiger partial charge in [0, 0.05) is 5.92 Å². The van der Waals surface area contributed by atoms with Crippen LogP contribution in [0.5, 0.6) is 11.5 Å². The summed E-state index contributed by atoms with van der Waals surface area (Å²) in [7, 11) is -4.64. The molecule has 0 aromatic heterocycles. The van der Waals surface area contributed by atoms with Crippen LogP contribution in [0, 0.1) is 0 Å². The second-order valence-electron chi connectivity index (χ2n) is 5.04. The van der Waals surface area contributed by atoms with Crippen molar-refractivity contribution < 1.29 is 29.4 Å². The van der Waals surface area contributed by atoms with Crippen molar-refractivity contribution in [3.05, 3.63) is 53.6 Å². The molecule has 0 aliphatic heterocycles. The summed E-state index contributed by atoms with van der Waals surface area (Å²) in [5, 5.41) is 21.4. The van der Waals surface area contributed by atoms with Crippen molar-refractivity contribution in [1.29, 1.82) is 0 Å². The molecule has 23 heavy (non-hydrogen) atoms. The van der Waals surface area contributed by atoms with Crippen LogP contribution in [0.3, 0.4) is 0 Å². The second kappa shape index (κ2) is 6.42. The first-order valence-electron chi connectivity index (χ1n) is 6.68. The standard InChI is InChI=1S/C15H16NO6P/c1-9(10-4-2-5-11(17)8-10)15(19)14-12(16-23(20,21)22)6-3-7-13(14)18/h2-9,17-18H,1H3,(H3,16,20,21,22). The first kappa shape index (κ1) is 17.0. The van der Waals surface area contributed by atoms with Crippen LogP contribution in [-0.2, 0) is 4.57 Å². The van der Waals surface area contributed by atoms with E-state index in [1.165, 1.54) is 30.3 Å². The van der Waals surface area contributed by atoms with E-state index in [2.05, 4.69) is 0 Å². The maximum Gasteiger partial charge on any atom is 0.427 e. The van der Waals surface area contributed by atoms with Gasteiger partial charge in [-0.3, -0.25) is 9.88 Å². The van der Waals surface area contributed by atoms with E-state index in [1.54, 1.807) is 19.1 Å². The van der Waals surface area contributed by atoms with Crippen molar-refractivity contribution in [2.45, 2.75) is 12.8 Å². The van der Waals surface area contributed by atoms with E-state index in [0.29, 0.717) is 5.56 Å². The highest BCUT2D eigenvalue weighted by Gasteiger charge is 2.26. The predicted octanol–water partition coefficient (Wildman–Crippen LogP) is 2.59. The van der Waals surface area contributed by atoms with Crippen LogP contribution in [0.25, 0.3) is 0 Å². The molecule has 0 fully saturated rings. The maximum absolute atomic E-state index is 12.6. The number of ketones is 1. The molecule has 2 rings (SSSR count). The Kier molecular flexibility index (Phi) is 4.75. The number of carbonyl (C=O) groups excluding carboxylic acids is 1. The molecule has 0 amide bonds. The molecule has 0 radical (unpaired) electrons. The lowest BCUT2D eigenvalue weighted by molar-refractivity contribution is 0.0964. The van der Waals surface area contributed by atoms with Crippen LogP contribution in [0.1, 0.15) is 28.8 Å². The number of benzene rings is 2. The van der Waals surface area contributed by atoms with Crippen LogP contribution in [0.4, 0.5) is 5.69 Å². The van der Waals surface area contributed by atoms with E-state index in [-0.39, 0.29) is 22.7 Å². The molecular weight excluding hydrogens is 321 g/mol. The summed E-state index contributed by atoms with van der Waals surface area (Å²) in [6.07, 6.45) is 0. The molecule has 1 unspecified atom stereocenters. The smallest absolute Gasteiger partial charge is 0.427 e. The Balaban J connectivity index is 2.44. The van der Waals surface area contributed by atoms with Crippen molar-refractivity contribution in [3.63, 3.8) is 0 Å². The molecule has 8 heteroatoms. The van der Waals surface area contributed by atoms with Gasteiger partial charge in [0.1, 0.15) is 11.5 Å². The van der Waals surface area contributed by atoms with E-state index in [9.17, 15) is 19.6 Å². The largest absolute Gasteiger partial charge is 0.508 e. The van der Waals surface area contributed by atoms with E-state index < -0.39 is 19.4 Å². The highest BCUT2D eigenvalue weighted by molar-refractivity contribution is 7.53. The molecule has 122 valence electrons. The fraction of sp³-hybridized carbons (Fsp3) is 0.133. The third-order valence-corrected chi connectivity index (χ3v) is 3.85. The van der Waals surface area contributed by atoms with Gasteiger partial charge in [-0.15, -0.1) is 0 Å². The molecule has 0 saturated carbocycles. The maximum atomic E-state index is 12.6. The summed E-state index contributed by atoms with van der Waals surface area (Å²) in [5.41, 5.74) is 0.141. The second-order valence-corrected chi connectivity index (χ2v) is 6.35. The van der Waals surface area contributed by atoms with E-state index >= 15 is 0 Å². The molecule has 0 bridgehead atoms. The zero-order valence-electron chi connectivity index (χ0n) is 12.2. The van der Waals surface area contributed by atoms with Crippen LogP contribution >= 0.6 is 7.75 Å². The quantitative estimate of drug-likeness (QED) is 0.419. The van der Waals surface area contributed by atoms with Gasteiger partial charge in [-0.05, 0) is 29.8 Å². The molecule has 7 nitrogen and oxygen atoms in total. The lowest BCUT2D eigenvalue weighted by Gasteiger charge is -2.17. The number of carbonyl (C=O) groups is 1. The molecule has 0 saturated heterocycles. The number of aromatic hydroxyl groups is 2. The third kappa shape index (κ3) is 4.10. The molecule has 0 heterocycles. The van der Waals surface area contributed by atoms with Crippen molar-refractivity contribution in [2.75, 3.05) is 5.09 Å². The summed E-state index contributed by atoms with van der Waals surface area (Å²) in [5.74, 6) is -1.66. The van der Waals surface area contributed by atoms with E-state index in [0.717, 1.165) is 0 Å². The zero-order chi connectivity index (χ0) is 17.2. The lowest BCUT2D eigenvalue weighted by atomic mass is 9.91. The Morgan fingerprint density at radius 3 is 2.39 bits per heavy atom. The third-order valence-electron chi connectivity index (χ3n) is 3.32. The van der Waals surface area contributed by atoms with Gasteiger partial charge in [0.15, 0.2) is 5.78 Å². The first-order chi connectivity index (χ1) is 10.7. The summed E-state index contributed by atoms with van der Waals surface area (Å²) in [4.78, 5) is 30.7. The van der Waals surface area contributed by atoms with Gasteiger partial charge in [-0.1, -0.05) is 25.1 Å². The number of phenols is 2. The van der Waals surface area contributed by atoms with Gasteiger partial charge < -0.3 is 20.0 Å². The number of hydrogen-bond acceptors (Lipinski definition) is 4. The van der Waals surface area contributed by atoms with Crippen LogP contribution in [0.2, 0.25) is 0 Å². The van der Waals surface area contributed by atoms with Crippen molar-refractivity contribution in [2.24, 2.45) is 0 Å². The van der Waals surface area contributed by atoms with Crippen molar-refractivity contribution in [3.8, 4) is 11.5 Å². The van der Waals surface area contributed by atoms with Gasteiger partial charge in [0.2, 0.25) is 0 Å². The van der Waals surface area contributed by atoms with Gasteiger partial charge in [0.25, 0.3) is 0 Å². The van der Waals surface area contributed by atoms with Gasteiger partial charge >= 0.3 is 7.75 Å². The minimum absolute atomic E-state index is 0.00648. The lowest BCUT2D eigenvalue weighted by Crippen LogP contribution is -2.12. The summed E-state index contributed by atoms with van der Waals surface area (Å²) in [6, 6.07) is 10.0. The summed E-state index contributed by atoms with van der Waals surface area (Å²) in [6.45, 7) is 1.57. The Hall–Kier alpha value is -2.34. The van der Waals surface area contributed by atoms with Crippen molar-refractivity contribution >= 4 is 19.2 Å². The molecular formula is C15H16NO6P. The molecule has 2 aromatic carbocycles. The van der Waals surface area contributed by atoms with Gasteiger partial charge in [0.05, 0.1) is 11.3 Å². The molecule has 0 aliphatic rings. The van der Waals surface area contributed by atoms with Crippen LogP contribution in [-0.4, -0.2) is 25.8 Å². The van der Waals surface area contributed by atoms with Gasteiger partial charge in [-0.2, -0.15) is 0 Å². The van der Waals surface area contributed by atoms with Crippen LogP contribution < -0.4 is 5.09 Å². The summed E-state index contributed by atoms with van der Waals surface area (Å²) < 4.78 is 11.1. The Bertz CT molecular complexity index is 785. The Morgan fingerprint density at radius 1 is 1.13 bits per heavy atom. The normalized spacial score (nSPS) is 12.7. The number of nitrogens with one attached hydrogen (secondary N) is 1. The minimum atomic E-state index is -4.64. The fourth-order valence-electron chi connectivity index (χ4n) is 2.21. The Labute approximate surface area is 132 Å². The number of rotatable bonds is 5. The van der Waals surface area contributed by atoms with Crippen molar-refractivity contribution in [1.82, 2.24) is 0 Å². The topological polar surface area (TPSA) is 127 Å². The monoisotopic (exact) mass is 337 g/mol. The van der Waals surface area contributed by atoms with E-state index in [1.807, 2.05) is 5.09 Å². The van der Waals surface area contributed by atoms with Gasteiger partial charge in [-0.25, -0.2) is 4.57 Å². The Morgan fingerprint density at radius 2 is 1.78 bits per heavy atom. The minimum Gasteiger partial charge on any atom is -0.508 e. The SMILES string of the molecule is CC(C(=O)c1c(O)cccc1NP(=O)(O)O)c1cccc(O)c1. The average Bonchev–Trinajstić information content (AvgIpc) is 2.44. The number of anilines is 1. The fourth-order valence-corrected chi connectivity index (χ4v) is 2.71. The molecule has 0 spiro atoms.